The number of carbonyl (C=O) groups is 7. The summed E-state index contributed by atoms with van der Waals surface area (Å²) in [5.41, 5.74) is 2.68. The first-order valence-corrected chi connectivity index (χ1v) is 22.3. The summed E-state index contributed by atoms with van der Waals surface area (Å²) < 4.78 is 17.1. The number of phenols is 1. The van der Waals surface area contributed by atoms with Crippen molar-refractivity contribution < 1.29 is 57.8 Å². The van der Waals surface area contributed by atoms with Crippen molar-refractivity contribution in [3.63, 3.8) is 0 Å². The lowest BCUT2D eigenvalue weighted by Crippen LogP contribution is -3.22. The smallest absolute Gasteiger partial charge is 0.410 e. The number of nitrogens with one attached hydrogen (secondary N) is 2. The molecule has 348 valence electrons. The van der Waals surface area contributed by atoms with Crippen molar-refractivity contribution >= 4 is 47.5 Å². The predicted molar refractivity (Wildman–Crippen MR) is 233 cm³/mol. The number of likely N-dealkylation sites (tertiary alicyclic amines) is 3. The molecule has 4 aliphatic heterocycles. The number of fused-ring (bicyclic) bond motifs is 1. The van der Waals surface area contributed by atoms with Crippen molar-refractivity contribution in [1.82, 2.24) is 24.5 Å². The standard InChI is InChI=1S/C46H63N7O11/c1-30-25-32(26-31(2)40(30)56)27-37(64-45(61)51-18-14-35(15-19-51)53-22-13-33-9-7-8-10-36(33)47-44(53)60)41(57)50-23-16-46(17-24-50,43(59)63-29-39(55)49(5)6)52-20-11-34(12-21-52)42(58)62-28-38(54)48(3)4/h7-10,25-26,34-35,37,56H,11-24,27-29H2,1-6H3,(H,47,60)/p+1/t37-/m1/s1. The highest BCUT2D eigenvalue weighted by molar-refractivity contribution is 5.91. The second-order valence-corrected chi connectivity index (χ2v) is 17.9. The zero-order valence-corrected chi connectivity index (χ0v) is 38.0. The van der Waals surface area contributed by atoms with Gasteiger partial charge in [0, 0.05) is 105 Å². The quantitative estimate of drug-likeness (QED) is 0.206. The Balaban J connectivity index is 1.13. The lowest BCUT2D eigenvalue weighted by molar-refractivity contribution is -0.949. The number of rotatable bonds is 12. The molecule has 0 aliphatic carbocycles. The number of phenolic OH excluding ortho intramolecular Hbond substituents is 1. The number of ether oxygens (including phenoxy) is 3. The largest absolute Gasteiger partial charge is 0.507 e. The van der Waals surface area contributed by atoms with E-state index >= 15 is 0 Å². The number of hydrogen-bond acceptors (Lipinski definition) is 11. The van der Waals surface area contributed by atoms with Crippen LogP contribution in [0.4, 0.5) is 15.3 Å². The second-order valence-electron chi connectivity index (χ2n) is 17.9. The van der Waals surface area contributed by atoms with Gasteiger partial charge in [0.2, 0.25) is 0 Å². The third-order valence-corrected chi connectivity index (χ3v) is 13.4. The van der Waals surface area contributed by atoms with Gasteiger partial charge in [0.05, 0.1) is 19.0 Å². The first-order valence-electron chi connectivity index (χ1n) is 22.3. The van der Waals surface area contributed by atoms with Crippen LogP contribution in [0.1, 0.15) is 60.8 Å². The van der Waals surface area contributed by atoms with Crippen LogP contribution in [0.3, 0.4) is 0 Å². The van der Waals surface area contributed by atoms with E-state index in [2.05, 4.69) is 5.32 Å². The summed E-state index contributed by atoms with van der Waals surface area (Å²) in [6.07, 6.45) is 1.14. The Hall–Kier alpha value is -5.91. The number of carbonyl (C=O) groups excluding carboxylic acids is 7. The SMILES string of the molecule is Cc1cc(C[C@@H](OC(=O)N2CCC(N3CCc4ccccc4NC3=O)CC2)C(=O)N2CCC(C(=O)OCC(=O)N(C)C)([NH+]3CCC(C(=O)OCC(=O)N(C)C)CC3)CC2)cc(C)c1O. The molecule has 0 unspecified atom stereocenters. The number of para-hydroxylation sites is 1. The molecule has 3 fully saturated rings. The monoisotopic (exact) mass is 890 g/mol. The van der Waals surface area contributed by atoms with E-state index in [0.29, 0.717) is 81.5 Å². The predicted octanol–water partition coefficient (Wildman–Crippen LogP) is 1.53. The van der Waals surface area contributed by atoms with Crippen LogP contribution >= 0.6 is 0 Å². The highest BCUT2D eigenvalue weighted by Gasteiger charge is 2.54. The van der Waals surface area contributed by atoms with Gasteiger partial charge in [-0.2, -0.15) is 0 Å². The van der Waals surface area contributed by atoms with Crippen LogP contribution in [-0.4, -0.2) is 176 Å². The molecule has 6 rings (SSSR count). The second kappa shape index (κ2) is 20.7. The molecule has 4 aliphatic rings. The van der Waals surface area contributed by atoms with E-state index in [0.717, 1.165) is 16.2 Å². The van der Waals surface area contributed by atoms with E-state index in [1.807, 2.05) is 29.2 Å². The van der Waals surface area contributed by atoms with Crippen molar-refractivity contribution in [2.75, 3.05) is 92.5 Å². The first kappa shape index (κ1) is 47.6. The third-order valence-electron chi connectivity index (χ3n) is 13.4. The van der Waals surface area contributed by atoms with Crippen LogP contribution in [0.25, 0.3) is 0 Å². The highest BCUT2D eigenvalue weighted by Crippen LogP contribution is 2.29. The molecule has 18 nitrogen and oxygen atoms in total. The molecule has 0 bridgehead atoms. The molecule has 2 aromatic carbocycles. The van der Waals surface area contributed by atoms with Crippen LogP contribution in [0.2, 0.25) is 0 Å². The number of nitrogens with zero attached hydrogens (tertiary/aromatic N) is 5. The number of amides is 6. The minimum atomic E-state index is -1.23. The van der Waals surface area contributed by atoms with Gasteiger partial charge in [-0.1, -0.05) is 30.3 Å². The topological polar surface area (TPSA) is 200 Å². The summed E-state index contributed by atoms with van der Waals surface area (Å²) in [6, 6.07) is 11.0. The summed E-state index contributed by atoms with van der Waals surface area (Å²) in [6.45, 7) is 5.03. The van der Waals surface area contributed by atoms with E-state index in [4.69, 9.17) is 14.2 Å². The highest BCUT2D eigenvalue weighted by atomic mass is 16.6. The van der Waals surface area contributed by atoms with Crippen LogP contribution in [0.5, 0.6) is 5.75 Å². The molecule has 3 saturated heterocycles. The molecule has 0 spiro atoms. The number of benzene rings is 2. The third kappa shape index (κ3) is 11.1. The van der Waals surface area contributed by atoms with Crippen LogP contribution in [0.15, 0.2) is 36.4 Å². The fourth-order valence-corrected chi connectivity index (χ4v) is 9.32. The molecular weight excluding hydrogens is 827 g/mol. The fraction of sp³-hybridized carbons (Fsp3) is 0.587. The Bertz CT molecular complexity index is 2050. The summed E-state index contributed by atoms with van der Waals surface area (Å²) in [4.78, 5) is 102. The maximum Gasteiger partial charge on any atom is 0.410 e. The van der Waals surface area contributed by atoms with Crippen LogP contribution in [0, 0.1) is 19.8 Å². The van der Waals surface area contributed by atoms with Crippen molar-refractivity contribution in [3.8, 4) is 5.75 Å². The van der Waals surface area contributed by atoms with Gasteiger partial charge in [0.15, 0.2) is 24.9 Å². The fourth-order valence-electron chi connectivity index (χ4n) is 9.32. The van der Waals surface area contributed by atoms with Crippen LogP contribution in [-0.2, 0) is 51.0 Å². The van der Waals surface area contributed by atoms with Gasteiger partial charge in [-0.25, -0.2) is 14.4 Å². The minimum absolute atomic E-state index is 0.0445. The maximum atomic E-state index is 14.6. The van der Waals surface area contributed by atoms with Crippen molar-refractivity contribution in [1.29, 1.82) is 0 Å². The maximum absolute atomic E-state index is 14.6. The van der Waals surface area contributed by atoms with Crippen molar-refractivity contribution in [2.45, 2.75) is 82.9 Å². The number of piperidine rings is 3. The van der Waals surface area contributed by atoms with Crippen molar-refractivity contribution in [2.24, 2.45) is 5.92 Å². The number of likely N-dealkylation sites (N-methyl/N-ethyl adjacent to an activating group) is 2. The molecule has 0 radical (unpaired) electrons. The van der Waals surface area contributed by atoms with Gasteiger partial charge < -0.3 is 54.0 Å². The van der Waals surface area contributed by atoms with E-state index in [9.17, 15) is 38.7 Å². The Morgan fingerprint density at radius 3 is 2.03 bits per heavy atom. The first-order chi connectivity index (χ1) is 30.5. The molecule has 2 aromatic rings. The summed E-state index contributed by atoms with van der Waals surface area (Å²) >= 11 is 0. The molecule has 3 N–H and O–H groups in total. The van der Waals surface area contributed by atoms with Gasteiger partial charge in [-0.05, 0) is 61.4 Å². The molecule has 64 heavy (non-hydrogen) atoms. The molecule has 0 aromatic heterocycles. The summed E-state index contributed by atoms with van der Waals surface area (Å²) in [5.74, 6) is -2.49. The molecule has 1 atom stereocenters. The van der Waals surface area contributed by atoms with E-state index < -0.39 is 48.1 Å². The average Bonchev–Trinajstić information content (AvgIpc) is 3.46. The molecule has 18 heteroatoms. The number of urea groups is 1. The lowest BCUT2D eigenvalue weighted by Gasteiger charge is -2.46. The number of anilines is 1. The Kier molecular flexibility index (Phi) is 15.4. The van der Waals surface area contributed by atoms with E-state index in [1.54, 1.807) is 64.0 Å². The number of esters is 2. The molecule has 6 amide bonds. The Labute approximate surface area is 374 Å². The Morgan fingerprint density at radius 2 is 1.42 bits per heavy atom. The van der Waals surface area contributed by atoms with Crippen LogP contribution < -0.4 is 10.2 Å². The van der Waals surface area contributed by atoms with Gasteiger partial charge >= 0.3 is 24.1 Å². The minimum Gasteiger partial charge on any atom is -0.507 e. The van der Waals surface area contributed by atoms with Gasteiger partial charge in [-0.3, -0.25) is 19.2 Å². The molecular formula is C46H64N7O11+. The molecule has 0 saturated carbocycles. The number of aryl methyl sites for hydroxylation is 2. The van der Waals surface area contributed by atoms with E-state index in [1.165, 1.54) is 9.80 Å². The lowest BCUT2D eigenvalue weighted by atomic mass is 9.82. The number of aromatic hydroxyl groups is 1. The van der Waals surface area contributed by atoms with E-state index in [-0.39, 0.29) is 68.6 Å². The number of hydrogen-bond donors (Lipinski definition) is 3. The Morgan fingerprint density at radius 1 is 0.828 bits per heavy atom. The zero-order chi connectivity index (χ0) is 46.3. The summed E-state index contributed by atoms with van der Waals surface area (Å²) in [7, 11) is 6.30. The van der Waals surface area contributed by atoms with Gasteiger partial charge in [0.1, 0.15) is 5.75 Å². The summed E-state index contributed by atoms with van der Waals surface area (Å²) in [5, 5.41) is 13.5. The van der Waals surface area contributed by atoms with Gasteiger partial charge in [0.25, 0.3) is 17.7 Å². The normalized spacial score (nSPS) is 20.5. The molecule has 4 heterocycles. The number of quaternary nitrogens is 1. The zero-order valence-electron chi connectivity index (χ0n) is 38.0. The average molecular weight is 891 g/mol. The van der Waals surface area contributed by atoms with Crippen molar-refractivity contribution in [3.05, 3.63) is 58.7 Å². The van der Waals surface area contributed by atoms with Gasteiger partial charge in [-0.15, -0.1) is 0 Å².